The van der Waals surface area contributed by atoms with E-state index >= 15 is 0 Å². The molecule has 1 amide bonds. The summed E-state index contributed by atoms with van der Waals surface area (Å²) >= 11 is 1.48. The SMILES string of the molecule is CN(C)CCCNC(=O)c1csc(-c2cc3ccccc3[nH]2)n1. The molecule has 0 aliphatic rings. The standard InChI is InChI=1S/C17H20N4OS/c1-21(2)9-5-8-18-16(22)15-11-23-17(20-15)14-10-12-6-3-4-7-13(12)19-14/h3-4,6-7,10-11,19H,5,8-9H2,1-2H3,(H,18,22). The quantitative estimate of drug-likeness (QED) is 0.684. The summed E-state index contributed by atoms with van der Waals surface area (Å²) in [4.78, 5) is 22.0. The second-order valence-corrected chi connectivity index (χ2v) is 6.58. The number of fused-ring (bicyclic) bond motifs is 1. The lowest BCUT2D eigenvalue weighted by Crippen LogP contribution is -2.27. The van der Waals surface area contributed by atoms with Crippen LogP contribution in [-0.4, -0.2) is 48.0 Å². The molecular formula is C17H20N4OS. The van der Waals surface area contributed by atoms with E-state index < -0.39 is 0 Å². The number of nitrogens with one attached hydrogen (secondary N) is 2. The van der Waals surface area contributed by atoms with Gasteiger partial charge in [0.1, 0.15) is 10.7 Å². The zero-order valence-corrected chi connectivity index (χ0v) is 14.1. The normalized spacial score (nSPS) is 11.3. The third-order valence-corrected chi connectivity index (χ3v) is 4.44. The second-order valence-electron chi connectivity index (χ2n) is 5.72. The van der Waals surface area contributed by atoms with Crippen LogP contribution in [-0.2, 0) is 0 Å². The molecule has 0 atom stereocenters. The maximum absolute atomic E-state index is 12.1. The van der Waals surface area contributed by atoms with Crippen LogP contribution in [0.15, 0.2) is 35.7 Å². The van der Waals surface area contributed by atoms with E-state index in [1.54, 1.807) is 0 Å². The molecule has 0 fully saturated rings. The summed E-state index contributed by atoms with van der Waals surface area (Å²) in [5, 5.41) is 6.70. The van der Waals surface area contributed by atoms with Crippen molar-refractivity contribution in [2.75, 3.05) is 27.2 Å². The van der Waals surface area contributed by atoms with Crippen LogP contribution in [0, 0.1) is 0 Å². The zero-order valence-electron chi connectivity index (χ0n) is 13.3. The first kappa shape index (κ1) is 15.7. The number of benzene rings is 1. The van der Waals surface area contributed by atoms with Gasteiger partial charge in [0, 0.05) is 22.8 Å². The fourth-order valence-electron chi connectivity index (χ4n) is 2.38. The molecule has 3 rings (SSSR count). The monoisotopic (exact) mass is 328 g/mol. The van der Waals surface area contributed by atoms with Crippen LogP contribution >= 0.6 is 11.3 Å². The molecule has 0 saturated carbocycles. The lowest BCUT2D eigenvalue weighted by atomic mass is 10.2. The van der Waals surface area contributed by atoms with Crippen molar-refractivity contribution in [1.82, 2.24) is 20.2 Å². The Morgan fingerprint density at radius 1 is 1.35 bits per heavy atom. The first-order valence-electron chi connectivity index (χ1n) is 7.60. The minimum absolute atomic E-state index is 0.109. The van der Waals surface area contributed by atoms with Gasteiger partial charge in [0.2, 0.25) is 0 Å². The summed E-state index contributed by atoms with van der Waals surface area (Å²) in [6.07, 6.45) is 0.928. The molecule has 6 heteroatoms. The number of aromatic nitrogens is 2. The fourth-order valence-corrected chi connectivity index (χ4v) is 3.15. The highest BCUT2D eigenvalue weighted by Crippen LogP contribution is 2.26. The van der Waals surface area contributed by atoms with E-state index in [4.69, 9.17) is 0 Å². The average Bonchev–Trinajstić information content (AvgIpc) is 3.17. The molecule has 0 unspecified atom stereocenters. The minimum Gasteiger partial charge on any atom is -0.353 e. The van der Waals surface area contributed by atoms with Crippen molar-refractivity contribution < 1.29 is 4.79 Å². The van der Waals surface area contributed by atoms with Crippen LogP contribution in [0.2, 0.25) is 0 Å². The highest BCUT2D eigenvalue weighted by molar-refractivity contribution is 7.13. The van der Waals surface area contributed by atoms with E-state index in [-0.39, 0.29) is 5.91 Å². The van der Waals surface area contributed by atoms with Gasteiger partial charge in [0.15, 0.2) is 0 Å². The van der Waals surface area contributed by atoms with E-state index in [2.05, 4.69) is 32.3 Å². The van der Waals surface area contributed by atoms with Gasteiger partial charge in [0.05, 0.1) is 5.69 Å². The molecule has 0 radical (unpaired) electrons. The fraction of sp³-hybridized carbons (Fsp3) is 0.294. The number of thiazole rings is 1. The molecule has 23 heavy (non-hydrogen) atoms. The minimum atomic E-state index is -0.109. The molecule has 2 aromatic heterocycles. The number of hydrogen-bond acceptors (Lipinski definition) is 4. The third kappa shape index (κ3) is 3.78. The number of carbonyl (C=O) groups is 1. The summed E-state index contributed by atoms with van der Waals surface area (Å²) < 4.78 is 0. The number of para-hydroxylation sites is 1. The number of rotatable bonds is 6. The predicted molar refractivity (Wildman–Crippen MR) is 94.9 cm³/mol. The van der Waals surface area contributed by atoms with Gasteiger partial charge < -0.3 is 15.2 Å². The van der Waals surface area contributed by atoms with E-state index in [0.29, 0.717) is 12.2 Å². The smallest absolute Gasteiger partial charge is 0.270 e. The number of carbonyl (C=O) groups excluding carboxylic acids is 1. The number of hydrogen-bond donors (Lipinski definition) is 2. The van der Waals surface area contributed by atoms with Crippen LogP contribution in [0.4, 0.5) is 0 Å². The van der Waals surface area contributed by atoms with Gasteiger partial charge in [-0.3, -0.25) is 4.79 Å². The van der Waals surface area contributed by atoms with Crippen molar-refractivity contribution in [3.8, 4) is 10.7 Å². The topological polar surface area (TPSA) is 61.0 Å². The zero-order chi connectivity index (χ0) is 16.2. The molecule has 2 N–H and O–H groups in total. The van der Waals surface area contributed by atoms with Crippen molar-refractivity contribution in [2.24, 2.45) is 0 Å². The lowest BCUT2D eigenvalue weighted by Gasteiger charge is -2.09. The Morgan fingerprint density at radius 3 is 2.96 bits per heavy atom. The Hall–Kier alpha value is -2.18. The van der Waals surface area contributed by atoms with Crippen molar-refractivity contribution in [3.05, 3.63) is 41.4 Å². The molecule has 0 aliphatic carbocycles. The molecule has 5 nitrogen and oxygen atoms in total. The van der Waals surface area contributed by atoms with Gasteiger partial charge in [0.25, 0.3) is 5.91 Å². The van der Waals surface area contributed by atoms with Gasteiger partial charge in [-0.1, -0.05) is 18.2 Å². The summed E-state index contributed by atoms with van der Waals surface area (Å²) in [7, 11) is 4.05. The highest BCUT2D eigenvalue weighted by atomic mass is 32.1. The molecule has 120 valence electrons. The number of aromatic amines is 1. The van der Waals surface area contributed by atoms with Crippen LogP contribution in [0.5, 0.6) is 0 Å². The average molecular weight is 328 g/mol. The van der Waals surface area contributed by atoms with Crippen LogP contribution < -0.4 is 5.32 Å². The molecule has 0 aliphatic heterocycles. The van der Waals surface area contributed by atoms with Crippen LogP contribution in [0.25, 0.3) is 21.6 Å². The van der Waals surface area contributed by atoms with Crippen LogP contribution in [0.1, 0.15) is 16.9 Å². The first-order chi connectivity index (χ1) is 11.1. The van der Waals surface area contributed by atoms with Crippen LogP contribution in [0.3, 0.4) is 0 Å². The van der Waals surface area contributed by atoms with Gasteiger partial charge in [-0.25, -0.2) is 4.98 Å². The maximum Gasteiger partial charge on any atom is 0.270 e. The summed E-state index contributed by atoms with van der Waals surface area (Å²) in [6, 6.07) is 10.2. The predicted octanol–water partition coefficient (Wildman–Crippen LogP) is 2.97. The highest BCUT2D eigenvalue weighted by Gasteiger charge is 2.12. The molecular weight excluding hydrogens is 308 g/mol. The number of H-pyrrole nitrogens is 1. The molecule has 0 spiro atoms. The molecule has 1 aromatic carbocycles. The first-order valence-corrected chi connectivity index (χ1v) is 8.48. The Balaban J connectivity index is 1.66. The second kappa shape index (κ2) is 6.93. The van der Waals surface area contributed by atoms with E-state index in [0.717, 1.165) is 34.6 Å². The third-order valence-electron chi connectivity index (χ3n) is 3.56. The van der Waals surface area contributed by atoms with E-state index in [1.165, 1.54) is 11.3 Å². The van der Waals surface area contributed by atoms with Gasteiger partial charge in [-0.15, -0.1) is 11.3 Å². The van der Waals surface area contributed by atoms with Crippen molar-refractivity contribution in [2.45, 2.75) is 6.42 Å². The molecule has 3 aromatic rings. The van der Waals surface area contributed by atoms with E-state index in [9.17, 15) is 4.79 Å². The largest absolute Gasteiger partial charge is 0.353 e. The molecule has 2 heterocycles. The summed E-state index contributed by atoms with van der Waals surface area (Å²) in [6.45, 7) is 1.62. The Bertz CT molecular complexity index is 773. The van der Waals surface area contributed by atoms with Gasteiger partial charge >= 0.3 is 0 Å². The number of amides is 1. The Morgan fingerprint density at radius 2 is 2.17 bits per heavy atom. The van der Waals surface area contributed by atoms with E-state index in [1.807, 2.05) is 37.7 Å². The van der Waals surface area contributed by atoms with Crippen molar-refractivity contribution in [3.63, 3.8) is 0 Å². The van der Waals surface area contributed by atoms with Gasteiger partial charge in [-0.2, -0.15) is 0 Å². The van der Waals surface area contributed by atoms with Crippen molar-refractivity contribution in [1.29, 1.82) is 0 Å². The van der Waals surface area contributed by atoms with Crippen molar-refractivity contribution >= 4 is 28.1 Å². The maximum atomic E-state index is 12.1. The number of nitrogens with zero attached hydrogens (tertiary/aromatic N) is 2. The van der Waals surface area contributed by atoms with Gasteiger partial charge in [-0.05, 0) is 39.2 Å². The summed E-state index contributed by atoms with van der Waals surface area (Å²) in [5.41, 5.74) is 2.50. The Kier molecular flexibility index (Phi) is 4.73. The summed E-state index contributed by atoms with van der Waals surface area (Å²) in [5.74, 6) is -0.109. The molecule has 0 saturated heterocycles. The Labute approximate surface area is 139 Å². The molecule has 0 bridgehead atoms. The lowest BCUT2D eigenvalue weighted by molar-refractivity contribution is 0.0948.